The summed E-state index contributed by atoms with van der Waals surface area (Å²) in [7, 11) is 1.53. The summed E-state index contributed by atoms with van der Waals surface area (Å²) < 4.78 is 15.7. The number of anilines is 1. The lowest BCUT2D eigenvalue weighted by Crippen LogP contribution is -2.35. The third-order valence-electron chi connectivity index (χ3n) is 4.10. The van der Waals surface area contributed by atoms with Crippen LogP contribution in [0, 0.1) is 0 Å². The van der Waals surface area contributed by atoms with E-state index in [9.17, 15) is 9.59 Å². The lowest BCUT2D eigenvalue weighted by Gasteiger charge is -2.14. The highest BCUT2D eigenvalue weighted by Gasteiger charge is 2.39. The molecule has 0 aliphatic carbocycles. The van der Waals surface area contributed by atoms with Gasteiger partial charge < -0.3 is 19.5 Å². The van der Waals surface area contributed by atoms with Gasteiger partial charge in [0.1, 0.15) is 5.70 Å². The van der Waals surface area contributed by atoms with Crippen molar-refractivity contribution >= 4 is 34.4 Å². The molecule has 3 heterocycles. The second-order valence-corrected chi connectivity index (χ2v) is 6.62. The lowest BCUT2D eigenvalue weighted by molar-refractivity contribution is -0.137. The predicted octanol–water partition coefficient (Wildman–Crippen LogP) is 2.32. The standard InChI is InChI=1S/C18H16N2O5S/c1-23-7-6-20-17(21)15(14-3-2-8-26-14)16(18(20)22)19-11-4-5-12-13(9-11)25-10-24-12/h2-5,8-9,19H,6-7,10H2,1H3. The monoisotopic (exact) mass is 372 g/mol. The van der Waals surface area contributed by atoms with Gasteiger partial charge in [-0.1, -0.05) is 6.07 Å². The molecule has 1 aromatic carbocycles. The number of imide groups is 1. The summed E-state index contributed by atoms with van der Waals surface area (Å²) in [5, 5.41) is 4.96. The molecule has 1 N–H and O–H groups in total. The van der Waals surface area contributed by atoms with Gasteiger partial charge in [-0.2, -0.15) is 0 Å². The van der Waals surface area contributed by atoms with Gasteiger partial charge in [-0.3, -0.25) is 14.5 Å². The Bertz CT molecular complexity index is 891. The van der Waals surface area contributed by atoms with E-state index in [0.717, 1.165) is 4.88 Å². The number of nitrogens with one attached hydrogen (secondary N) is 1. The number of methoxy groups -OCH3 is 1. The van der Waals surface area contributed by atoms with Crippen molar-refractivity contribution in [2.45, 2.75) is 0 Å². The van der Waals surface area contributed by atoms with E-state index in [1.165, 1.54) is 23.3 Å². The molecule has 2 aromatic rings. The molecule has 8 heteroatoms. The zero-order valence-corrected chi connectivity index (χ0v) is 14.8. The summed E-state index contributed by atoms with van der Waals surface area (Å²) in [6, 6.07) is 8.96. The van der Waals surface area contributed by atoms with Crippen LogP contribution in [0.3, 0.4) is 0 Å². The maximum atomic E-state index is 12.8. The van der Waals surface area contributed by atoms with Gasteiger partial charge >= 0.3 is 0 Å². The molecule has 2 amide bonds. The maximum Gasteiger partial charge on any atom is 0.278 e. The number of carbonyl (C=O) groups is 2. The minimum Gasteiger partial charge on any atom is -0.454 e. The van der Waals surface area contributed by atoms with Gasteiger partial charge in [-0.05, 0) is 23.6 Å². The molecule has 0 radical (unpaired) electrons. The summed E-state index contributed by atoms with van der Waals surface area (Å²) in [4.78, 5) is 27.6. The fraction of sp³-hybridized carbons (Fsp3) is 0.222. The zero-order chi connectivity index (χ0) is 18.1. The van der Waals surface area contributed by atoms with E-state index in [0.29, 0.717) is 22.8 Å². The second kappa shape index (κ2) is 6.81. The molecule has 26 heavy (non-hydrogen) atoms. The molecule has 7 nitrogen and oxygen atoms in total. The van der Waals surface area contributed by atoms with Crippen LogP contribution in [0.5, 0.6) is 11.5 Å². The molecule has 1 aromatic heterocycles. The highest BCUT2D eigenvalue weighted by molar-refractivity contribution is 7.11. The Labute approximate surface area is 153 Å². The Morgan fingerprint density at radius 1 is 1.19 bits per heavy atom. The van der Waals surface area contributed by atoms with Crippen LogP contribution in [0.2, 0.25) is 0 Å². The predicted molar refractivity (Wildman–Crippen MR) is 96.0 cm³/mol. The molecule has 0 fully saturated rings. The average Bonchev–Trinajstić information content (AvgIpc) is 3.36. The molecule has 0 unspecified atom stereocenters. The molecule has 0 saturated heterocycles. The number of carbonyl (C=O) groups excluding carboxylic acids is 2. The summed E-state index contributed by atoms with van der Waals surface area (Å²) in [6.07, 6.45) is 0. The zero-order valence-electron chi connectivity index (χ0n) is 14.0. The second-order valence-electron chi connectivity index (χ2n) is 5.68. The summed E-state index contributed by atoms with van der Waals surface area (Å²) in [5.41, 5.74) is 1.28. The van der Waals surface area contributed by atoms with Gasteiger partial charge in [-0.25, -0.2) is 0 Å². The van der Waals surface area contributed by atoms with E-state index in [4.69, 9.17) is 14.2 Å². The van der Waals surface area contributed by atoms with Crippen LogP contribution < -0.4 is 14.8 Å². The Kier molecular flexibility index (Phi) is 4.36. The van der Waals surface area contributed by atoms with Crippen molar-refractivity contribution in [2.75, 3.05) is 32.4 Å². The van der Waals surface area contributed by atoms with Crippen molar-refractivity contribution < 1.29 is 23.8 Å². The Morgan fingerprint density at radius 2 is 2.04 bits per heavy atom. The van der Waals surface area contributed by atoms with Gasteiger partial charge in [0.05, 0.1) is 18.7 Å². The van der Waals surface area contributed by atoms with Crippen LogP contribution in [0.25, 0.3) is 5.57 Å². The quantitative estimate of drug-likeness (QED) is 0.784. The molecular weight excluding hydrogens is 356 g/mol. The Morgan fingerprint density at radius 3 is 2.81 bits per heavy atom. The van der Waals surface area contributed by atoms with Crippen LogP contribution >= 0.6 is 11.3 Å². The fourth-order valence-electron chi connectivity index (χ4n) is 2.85. The molecule has 0 atom stereocenters. The number of nitrogens with zero attached hydrogens (tertiary/aromatic N) is 1. The third kappa shape index (κ3) is 2.83. The fourth-order valence-corrected chi connectivity index (χ4v) is 3.61. The molecular formula is C18H16N2O5S. The molecule has 2 aliphatic rings. The van der Waals surface area contributed by atoms with Gasteiger partial charge in [0.15, 0.2) is 11.5 Å². The molecule has 134 valence electrons. The first kappa shape index (κ1) is 16.6. The largest absolute Gasteiger partial charge is 0.454 e. The van der Waals surface area contributed by atoms with E-state index in [-0.39, 0.29) is 37.5 Å². The lowest BCUT2D eigenvalue weighted by atomic mass is 10.2. The number of fused-ring (bicyclic) bond motifs is 1. The highest BCUT2D eigenvalue weighted by atomic mass is 32.1. The van der Waals surface area contributed by atoms with E-state index in [1.54, 1.807) is 18.2 Å². The summed E-state index contributed by atoms with van der Waals surface area (Å²) in [6.45, 7) is 0.659. The Hall–Kier alpha value is -2.84. The van der Waals surface area contributed by atoms with Gasteiger partial charge in [0.2, 0.25) is 6.79 Å². The number of amides is 2. The normalized spacial score (nSPS) is 16.0. The van der Waals surface area contributed by atoms with Crippen molar-refractivity contribution in [1.29, 1.82) is 0 Å². The first-order chi connectivity index (χ1) is 12.7. The number of hydrogen-bond donors (Lipinski definition) is 1. The van der Waals surface area contributed by atoms with Crippen LogP contribution in [-0.2, 0) is 14.3 Å². The van der Waals surface area contributed by atoms with Crippen molar-refractivity contribution in [3.8, 4) is 11.5 Å². The van der Waals surface area contributed by atoms with E-state index >= 15 is 0 Å². The van der Waals surface area contributed by atoms with Gasteiger partial charge in [-0.15, -0.1) is 11.3 Å². The van der Waals surface area contributed by atoms with Crippen molar-refractivity contribution in [3.05, 3.63) is 46.3 Å². The SMILES string of the molecule is COCCN1C(=O)C(Nc2ccc3c(c2)OCO3)=C(c2cccs2)C1=O. The molecule has 2 aliphatic heterocycles. The number of benzene rings is 1. The summed E-state index contributed by atoms with van der Waals surface area (Å²) in [5.74, 6) is 0.561. The van der Waals surface area contributed by atoms with Crippen LogP contribution in [0.1, 0.15) is 4.88 Å². The third-order valence-corrected chi connectivity index (χ3v) is 4.98. The number of thiophene rings is 1. The van der Waals surface area contributed by atoms with Crippen molar-refractivity contribution in [3.63, 3.8) is 0 Å². The van der Waals surface area contributed by atoms with Gasteiger partial charge in [0.25, 0.3) is 11.8 Å². The number of rotatable bonds is 6. The summed E-state index contributed by atoms with van der Waals surface area (Å²) >= 11 is 1.41. The van der Waals surface area contributed by atoms with E-state index < -0.39 is 0 Å². The molecule has 4 rings (SSSR count). The van der Waals surface area contributed by atoms with E-state index in [2.05, 4.69) is 5.32 Å². The minimum atomic E-state index is -0.367. The maximum absolute atomic E-state index is 12.8. The highest BCUT2D eigenvalue weighted by Crippen LogP contribution is 2.37. The van der Waals surface area contributed by atoms with Crippen LogP contribution in [0.15, 0.2) is 41.4 Å². The number of hydrogen-bond acceptors (Lipinski definition) is 7. The van der Waals surface area contributed by atoms with Crippen molar-refractivity contribution in [2.24, 2.45) is 0 Å². The minimum absolute atomic E-state index is 0.171. The molecule has 0 spiro atoms. The smallest absolute Gasteiger partial charge is 0.278 e. The first-order valence-electron chi connectivity index (χ1n) is 7.99. The van der Waals surface area contributed by atoms with Gasteiger partial charge in [0, 0.05) is 23.7 Å². The Balaban J connectivity index is 1.69. The molecule has 0 bridgehead atoms. The van der Waals surface area contributed by atoms with Crippen LogP contribution in [-0.4, -0.2) is 43.8 Å². The van der Waals surface area contributed by atoms with Crippen molar-refractivity contribution in [1.82, 2.24) is 4.90 Å². The number of ether oxygens (including phenoxy) is 3. The van der Waals surface area contributed by atoms with Crippen LogP contribution in [0.4, 0.5) is 5.69 Å². The topological polar surface area (TPSA) is 77.1 Å². The molecule has 0 saturated carbocycles. The first-order valence-corrected chi connectivity index (χ1v) is 8.87. The van der Waals surface area contributed by atoms with E-state index in [1.807, 2.05) is 17.5 Å². The average molecular weight is 372 g/mol.